The Bertz CT molecular complexity index is 1510. The van der Waals surface area contributed by atoms with Crippen LogP contribution in [0.2, 0.25) is 0 Å². The molecule has 1 aliphatic heterocycles. The smallest absolute Gasteiger partial charge is 0.266 e. The molecule has 0 saturated heterocycles. The van der Waals surface area contributed by atoms with Crippen LogP contribution in [0.1, 0.15) is 66.7 Å². The lowest BCUT2D eigenvalue weighted by molar-refractivity contribution is -0.113. The maximum absolute atomic E-state index is 13.6. The normalized spacial score (nSPS) is 14.6. The van der Waals surface area contributed by atoms with Gasteiger partial charge in [0, 0.05) is 22.4 Å². The summed E-state index contributed by atoms with van der Waals surface area (Å²) in [4.78, 5) is 25.9. The number of amides is 1. The zero-order valence-corrected chi connectivity index (χ0v) is 24.6. The summed E-state index contributed by atoms with van der Waals surface area (Å²) in [5.41, 5.74) is 7.12. The molecule has 4 nitrogen and oxygen atoms in total. The van der Waals surface area contributed by atoms with Crippen molar-refractivity contribution < 1.29 is 4.79 Å². The van der Waals surface area contributed by atoms with Gasteiger partial charge >= 0.3 is 0 Å². The molecule has 3 aromatic carbocycles. The van der Waals surface area contributed by atoms with Gasteiger partial charge in [-0.1, -0.05) is 106 Å². The van der Waals surface area contributed by atoms with Crippen molar-refractivity contribution in [3.8, 4) is 10.6 Å². The zero-order valence-electron chi connectivity index (χ0n) is 23.0. The Morgan fingerprint density at radius 1 is 0.872 bits per heavy atom. The van der Waals surface area contributed by atoms with Crippen LogP contribution in [0.25, 0.3) is 16.6 Å². The lowest BCUT2D eigenvalue weighted by Crippen LogP contribution is -2.30. The van der Waals surface area contributed by atoms with E-state index >= 15 is 0 Å². The lowest BCUT2D eigenvalue weighted by atomic mass is 10.0. The molecule has 0 atom stereocenters. The molecular formula is C33H33N3OS2. The van der Waals surface area contributed by atoms with Crippen LogP contribution in [-0.2, 0) is 10.5 Å². The highest BCUT2D eigenvalue weighted by Crippen LogP contribution is 2.34. The van der Waals surface area contributed by atoms with Crippen LogP contribution >= 0.6 is 23.1 Å². The van der Waals surface area contributed by atoms with Crippen LogP contribution in [0, 0.1) is 6.92 Å². The Labute approximate surface area is 239 Å². The number of anilines is 1. The minimum Gasteiger partial charge on any atom is -0.266 e. The highest BCUT2D eigenvalue weighted by Gasteiger charge is 2.32. The number of benzene rings is 3. The molecule has 2 heterocycles. The second kappa shape index (κ2) is 11.7. The summed E-state index contributed by atoms with van der Waals surface area (Å²) in [6.07, 6.45) is 3.82. The molecule has 4 aromatic rings. The van der Waals surface area contributed by atoms with E-state index in [2.05, 4.69) is 81.2 Å². The first-order chi connectivity index (χ1) is 18.8. The van der Waals surface area contributed by atoms with Crippen molar-refractivity contribution in [1.29, 1.82) is 0 Å². The van der Waals surface area contributed by atoms with Gasteiger partial charge in [-0.3, -0.25) is 9.69 Å². The van der Waals surface area contributed by atoms with E-state index in [1.165, 1.54) is 11.1 Å². The van der Waals surface area contributed by atoms with Gasteiger partial charge in [0.25, 0.3) is 5.91 Å². The Morgan fingerprint density at radius 2 is 1.49 bits per heavy atom. The lowest BCUT2D eigenvalue weighted by Gasteiger charge is -2.17. The number of aromatic nitrogens is 1. The number of carbonyl (C=O) groups is 1. The minimum absolute atomic E-state index is 0.107. The van der Waals surface area contributed by atoms with Crippen LogP contribution in [0.3, 0.4) is 0 Å². The summed E-state index contributed by atoms with van der Waals surface area (Å²) >= 11 is 3.25. The fraction of sp³-hybridized carbons (Fsp3) is 0.242. The van der Waals surface area contributed by atoms with Crippen molar-refractivity contribution in [3.05, 3.63) is 112 Å². The first kappa shape index (κ1) is 27.1. The van der Waals surface area contributed by atoms with Gasteiger partial charge in [0.1, 0.15) is 10.7 Å². The zero-order chi connectivity index (χ0) is 27.5. The highest BCUT2D eigenvalue weighted by atomic mass is 32.2. The van der Waals surface area contributed by atoms with E-state index in [9.17, 15) is 4.79 Å². The number of aliphatic imine (C=N–C) groups is 1. The third-order valence-electron chi connectivity index (χ3n) is 6.75. The van der Waals surface area contributed by atoms with Gasteiger partial charge in [0.15, 0.2) is 5.17 Å². The molecule has 6 heteroatoms. The average Bonchev–Trinajstić information content (AvgIpc) is 3.53. The number of amidine groups is 1. The SMILES string of the molecule is Cc1ccc(N2C(=O)/C(=C\c3ccc(C(C)C)cc3)N=C2SCc2cnc(-c3ccc(C(C)C)cc3)s2)cc1. The van der Waals surface area contributed by atoms with Gasteiger partial charge in [-0.25, -0.2) is 9.98 Å². The molecule has 0 N–H and O–H groups in total. The molecular weight excluding hydrogens is 519 g/mol. The number of aryl methyl sites for hydroxylation is 1. The van der Waals surface area contributed by atoms with Crippen LogP contribution in [0.4, 0.5) is 5.69 Å². The van der Waals surface area contributed by atoms with Crippen molar-refractivity contribution in [1.82, 2.24) is 4.98 Å². The molecule has 1 amide bonds. The number of nitrogens with zero attached hydrogens (tertiary/aromatic N) is 3. The molecule has 0 unspecified atom stereocenters. The number of rotatable bonds is 7. The first-order valence-electron chi connectivity index (χ1n) is 13.3. The summed E-state index contributed by atoms with van der Waals surface area (Å²) < 4.78 is 0. The summed E-state index contributed by atoms with van der Waals surface area (Å²) in [5, 5.41) is 1.69. The van der Waals surface area contributed by atoms with Gasteiger partial charge in [-0.05, 0) is 53.7 Å². The Hall–Kier alpha value is -3.48. The van der Waals surface area contributed by atoms with E-state index in [4.69, 9.17) is 4.99 Å². The first-order valence-corrected chi connectivity index (χ1v) is 15.1. The maximum atomic E-state index is 13.6. The molecule has 0 spiro atoms. The molecule has 39 heavy (non-hydrogen) atoms. The number of hydrogen-bond acceptors (Lipinski definition) is 5. The Morgan fingerprint density at radius 3 is 2.10 bits per heavy atom. The monoisotopic (exact) mass is 551 g/mol. The molecule has 1 aliphatic rings. The number of carbonyl (C=O) groups excluding carboxylic acids is 1. The van der Waals surface area contributed by atoms with Crippen LogP contribution in [0.5, 0.6) is 0 Å². The topological polar surface area (TPSA) is 45.6 Å². The second-order valence-corrected chi connectivity index (χ2v) is 12.5. The quantitative estimate of drug-likeness (QED) is 0.215. The largest absolute Gasteiger partial charge is 0.283 e. The van der Waals surface area contributed by atoms with E-state index in [0.29, 0.717) is 28.5 Å². The van der Waals surface area contributed by atoms with Crippen molar-refractivity contribution >= 4 is 45.9 Å². The van der Waals surface area contributed by atoms with E-state index in [-0.39, 0.29) is 5.91 Å². The number of thioether (sulfide) groups is 1. The molecule has 0 fully saturated rings. The summed E-state index contributed by atoms with van der Waals surface area (Å²) in [5.74, 6) is 1.55. The minimum atomic E-state index is -0.107. The molecule has 1 aromatic heterocycles. The second-order valence-electron chi connectivity index (χ2n) is 10.4. The van der Waals surface area contributed by atoms with Gasteiger partial charge < -0.3 is 0 Å². The maximum Gasteiger partial charge on any atom is 0.283 e. The average molecular weight is 552 g/mol. The molecule has 0 bridgehead atoms. The van der Waals surface area contributed by atoms with E-state index in [1.807, 2.05) is 43.5 Å². The van der Waals surface area contributed by atoms with Crippen LogP contribution in [0.15, 0.2) is 89.7 Å². The van der Waals surface area contributed by atoms with Crippen LogP contribution < -0.4 is 4.90 Å². The Balaban J connectivity index is 1.38. The van der Waals surface area contributed by atoms with E-state index < -0.39 is 0 Å². The number of thiazole rings is 1. The van der Waals surface area contributed by atoms with Crippen molar-refractivity contribution in [2.24, 2.45) is 4.99 Å². The summed E-state index contributed by atoms with van der Waals surface area (Å²) in [6, 6.07) is 25.0. The fourth-order valence-corrected chi connectivity index (χ4v) is 6.26. The summed E-state index contributed by atoms with van der Waals surface area (Å²) in [7, 11) is 0. The van der Waals surface area contributed by atoms with Crippen molar-refractivity contribution in [3.63, 3.8) is 0 Å². The number of hydrogen-bond donors (Lipinski definition) is 0. The van der Waals surface area contributed by atoms with E-state index in [1.54, 1.807) is 28.0 Å². The molecule has 0 radical (unpaired) electrons. The van der Waals surface area contributed by atoms with Crippen LogP contribution in [-0.4, -0.2) is 16.1 Å². The highest BCUT2D eigenvalue weighted by molar-refractivity contribution is 8.13. The molecule has 0 aliphatic carbocycles. The fourth-order valence-electron chi connectivity index (χ4n) is 4.30. The van der Waals surface area contributed by atoms with Gasteiger partial charge in [-0.15, -0.1) is 11.3 Å². The Kier molecular flexibility index (Phi) is 8.15. The predicted octanol–water partition coefficient (Wildman–Crippen LogP) is 9.04. The standard InChI is InChI=1S/C33H33N3OS2/c1-21(2)25-10-8-24(9-11-25)18-30-32(37)36(28-16-6-23(5)7-17-28)33(35-30)38-20-29-19-34-31(39-29)27-14-12-26(13-15-27)22(3)4/h6-19,21-22H,20H2,1-5H3/b30-18+. The third kappa shape index (κ3) is 6.23. The molecule has 5 rings (SSSR count). The molecule has 198 valence electrons. The van der Waals surface area contributed by atoms with Gasteiger partial charge in [0.05, 0.1) is 5.69 Å². The molecule has 0 saturated carbocycles. The third-order valence-corrected chi connectivity index (χ3v) is 8.97. The van der Waals surface area contributed by atoms with Gasteiger partial charge in [0.2, 0.25) is 0 Å². The van der Waals surface area contributed by atoms with Crippen molar-refractivity contribution in [2.45, 2.75) is 52.2 Å². The van der Waals surface area contributed by atoms with Crippen molar-refractivity contribution in [2.75, 3.05) is 4.90 Å². The van der Waals surface area contributed by atoms with E-state index in [0.717, 1.165) is 32.3 Å². The predicted molar refractivity (Wildman–Crippen MR) is 168 cm³/mol. The summed E-state index contributed by atoms with van der Waals surface area (Å²) in [6.45, 7) is 10.8. The van der Waals surface area contributed by atoms with Gasteiger partial charge in [-0.2, -0.15) is 0 Å².